The fourth-order valence-electron chi connectivity index (χ4n) is 3.62. The predicted octanol–water partition coefficient (Wildman–Crippen LogP) is 2.10. The minimum Gasteiger partial charge on any atom is -0.350 e. The molecule has 8 heteroatoms. The lowest BCUT2D eigenvalue weighted by Gasteiger charge is -2.37. The summed E-state index contributed by atoms with van der Waals surface area (Å²) >= 11 is 6.08. The van der Waals surface area contributed by atoms with Crippen LogP contribution in [-0.2, 0) is 17.9 Å². The highest BCUT2D eigenvalue weighted by Crippen LogP contribution is 2.36. The zero-order valence-corrected chi connectivity index (χ0v) is 18.3. The Morgan fingerprint density at radius 1 is 1.43 bits per heavy atom. The van der Waals surface area contributed by atoms with Crippen molar-refractivity contribution < 1.29 is 4.79 Å². The number of halogens is 1. The Kier molecular flexibility index (Phi) is 8.01. The largest absolute Gasteiger partial charge is 0.350 e. The van der Waals surface area contributed by atoms with Gasteiger partial charge < -0.3 is 21.3 Å². The zero-order chi connectivity index (χ0) is 21.5. The molecule has 4 N–H and O–H groups in total. The molecule has 1 aromatic rings. The first-order chi connectivity index (χ1) is 14.5. The molecule has 3 rings (SSSR count). The fraction of sp³-hybridized carbons (Fsp3) is 0.500. The van der Waals surface area contributed by atoms with Crippen LogP contribution in [-0.4, -0.2) is 54.7 Å². The molecule has 1 saturated carbocycles. The van der Waals surface area contributed by atoms with Gasteiger partial charge in [0.1, 0.15) is 6.54 Å². The molecule has 2 fully saturated rings. The average molecular weight is 431 g/mol. The molecule has 0 radical (unpaired) electrons. The van der Waals surface area contributed by atoms with E-state index in [1.807, 2.05) is 19.1 Å². The van der Waals surface area contributed by atoms with Gasteiger partial charge in [0.2, 0.25) is 11.9 Å². The molecule has 1 atom stereocenters. The SMILES string of the molecule is C=C/C(C)=N\C(=NCC(=O)NCc1cc(Cl)ccc1CN)N1CCNCC1C1CC1. The summed E-state index contributed by atoms with van der Waals surface area (Å²) in [6.45, 7) is 9.10. The molecule has 0 bridgehead atoms. The number of carbonyl (C=O) groups is 1. The van der Waals surface area contributed by atoms with Gasteiger partial charge in [-0.1, -0.05) is 24.2 Å². The maximum atomic E-state index is 12.5. The molecule has 30 heavy (non-hydrogen) atoms. The molecule has 1 aliphatic carbocycles. The Balaban J connectivity index is 1.68. The van der Waals surface area contributed by atoms with Crippen molar-refractivity contribution >= 4 is 29.2 Å². The molecule has 162 valence electrons. The lowest BCUT2D eigenvalue weighted by Crippen LogP contribution is -2.54. The van der Waals surface area contributed by atoms with Crippen LogP contribution in [0.2, 0.25) is 5.02 Å². The second-order valence-corrected chi connectivity index (χ2v) is 8.21. The number of benzene rings is 1. The number of hydrogen-bond donors (Lipinski definition) is 3. The van der Waals surface area contributed by atoms with E-state index >= 15 is 0 Å². The highest BCUT2D eigenvalue weighted by atomic mass is 35.5. The first kappa shape index (κ1) is 22.5. The molecule has 2 aliphatic rings. The van der Waals surface area contributed by atoms with Crippen molar-refractivity contribution in [2.24, 2.45) is 21.6 Å². The van der Waals surface area contributed by atoms with Gasteiger partial charge in [0.15, 0.2) is 0 Å². The molecule has 0 aromatic heterocycles. The third-order valence-electron chi connectivity index (χ3n) is 5.51. The molecule has 1 saturated heterocycles. The van der Waals surface area contributed by atoms with Crippen molar-refractivity contribution in [2.45, 2.75) is 38.9 Å². The van der Waals surface area contributed by atoms with Crippen LogP contribution in [0.25, 0.3) is 0 Å². The van der Waals surface area contributed by atoms with Gasteiger partial charge in [0.05, 0.1) is 0 Å². The number of allylic oxidation sites excluding steroid dienone is 1. The van der Waals surface area contributed by atoms with Crippen LogP contribution in [0.4, 0.5) is 0 Å². The minimum atomic E-state index is -0.167. The summed E-state index contributed by atoms with van der Waals surface area (Å²) in [6.07, 6.45) is 4.19. The number of hydrogen-bond acceptors (Lipinski definition) is 4. The van der Waals surface area contributed by atoms with E-state index in [0.29, 0.717) is 36.0 Å². The van der Waals surface area contributed by atoms with Crippen LogP contribution >= 0.6 is 11.6 Å². The number of carbonyl (C=O) groups excluding carboxylic acids is 1. The summed E-state index contributed by atoms with van der Waals surface area (Å²) in [7, 11) is 0. The van der Waals surface area contributed by atoms with Crippen molar-refractivity contribution in [3.05, 3.63) is 47.0 Å². The average Bonchev–Trinajstić information content (AvgIpc) is 3.60. The highest BCUT2D eigenvalue weighted by molar-refractivity contribution is 6.30. The molecule has 0 spiro atoms. The van der Waals surface area contributed by atoms with Crippen LogP contribution < -0.4 is 16.4 Å². The number of rotatable bonds is 7. The smallest absolute Gasteiger partial charge is 0.242 e. The van der Waals surface area contributed by atoms with Crippen LogP contribution in [0.1, 0.15) is 30.9 Å². The van der Waals surface area contributed by atoms with E-state index in [-0.39, 0.29) is 12.5 Å². The van der Waals surface area contributed by atoms with Crippen LogP contribution in [0.5, 0.6) is 0 Å². The van der Waals surface area contributed by atoms with Gasteiger partial charge in [-0.25, -0.2) is 9.98 Å². The quantitative estimate of drug-likeness (QED) is 0.456. The summed E-state index contributed by atoms with van der Waals surface area (Å²) in [4.78, 5) is 24.0. The summed E-state index contributed by atoms with van der Waals surface area (Å²) in [5, 5.41) is 7.00. The van der Waals surface area contributed by atoms with Crippen molar-refractivity contribution in [1.82, 2.24) is 15.5 Å². The summed E-state index contributed by atoms with van der Waals surface area (Å²) in [6, 6.07) is 5.89. The van der Waals surface area contributed by atoms with E-state index in [0.717, 1.165) is 36.5 Å². The molecule has 1 unspecified atom stereocenters. The van der Waals surface area contributed by atoms with Gasteiger partial charge in [-0.2, -0.15) is 0 Å². The lowest BCUT2D eigenvalue weighted by molar-refractivity contribution is -0.119. The second kappa shape index (κ2) is 10.7. The number of amides is 1. The van der Waals surface area contributed by atoms with Gasteiger partial charge in [-0.05, 0) is 55.0 Å². The highest BCUT2D eigenvalue weighted by Gasteiger charge is 2.38. The summed E-state index contributed by atoms with van der Waals surface area (Å²) in [5.41, 5.74) is 8.44. The third kappa shape index (κ3) is 6.14. The first-order valence-corrected chi connectivity index (χ1v) is 10.8. The van der Waals surface area contributed by atoms with E-state index in [9.17, 15) is 4.79 Å². The van der Waals surface area contributed by atoms with Crippen molar-refractivity contribution in [3.8, 4) is 0 Å². The third-order valence-corrected chi connectivity index (χ3v) is 5.74. The number of nitrogens with one attached hydrogen (secondary N) is 2. The van der Waals surface area contributed by atoms with E-state index in [1.54, 1.807) is 12.1 Å². The number of piperazine rings is 1. The number of guanidine groups is 1. The monoisotopic (exact) mass is 430 g/mol. The summed E-state index contributed by atoms with van der Waals surface area (Å²) in [5.74, 6) is 1.12. The van der Waals surface area contributed by atoms with Gasteiger partial charge in [-0.3, -0.25) is 4.79 Å². The van der Waals surface area contributed by atoms with E-state index < -0.39 is 0 Å². The Hall–Kier alpha value is -2.22. The minimum absolute atomic E-state index is 0.0170. The van der Waals surface area contributed by atoms with Crippen LogP contribution in [0, 0.1) is 5.92 Å². The summed E-state index contributed by atoms with van der Waals surface area (Å²) < 4.78 is 0. The van der Waals surface area contributed by atoms with Crippen molar-refractivity contribution in [2.75, 3.05) is 26.2 Å². The molecule has 1 heterocycles. The zero-order valence-electron chi connectivity index (χ0n) is 17.5. The van der Waals surface area contributed by atoms with E-state index in [1.165, 1.54) is 12.8 Å². The molecular weight excluding hydrogens is 400 g/mol. The molecule has 1 aliphatic heterocycles. The topological polar surface area (TPSA) is 95.1 Å². The Morgan fingerprint density at radius 2 is 2.23 bits per heavy atom. The Morgan fingerprint density at radius 3 is 2.93 bits per heavy atom. The Bertz CT molecular complexity index is 833. The van der Waals surface area contributed by atoms with Crippen LogP contribution in [0.15, 0.2) is 40.8 Å². The van der Waals surface area contributed by atoms with Gasteiger partial charge in [-0.15, -0.1) is 0 Å². The molecular formula is C22H31ClN6O. The maximum Gasteiger partial charge on any atom is 0.242 e. The Labute approximate surface area is 183 Å². The number of nitrogens with two attached hydrogens (primary N) is 1. The standard InChI is InChI=1S/C22H31ClN6O/c1-3-15(2)28-22(29-9-8-25-13-20(29)16-4-5-16)27-14-21(30)26-12-18-10-19(23)7-6-17(18)11-24/h3,6-7,10,16,20,25H,1,4-5,8-9,11-14,24H2,2H3,(H,26,30)/b27-22?,28-15-. The van der Waals surface area contributed by atoms with Gasteiger partial charge >= 0.3 is 0 Å². The normalized spacial score (nSPS) is 20.2. The second-order valence-electron chi connectivity index (χ2n) is 7.77. The van der Waals surface area contributed by atoms with Gasteiger partial charge in [0, 0.05) is 49.5 Å². The number of aliphatic imine (C=N–C) groups is 2. The molecule has 1 aromatic carbocycles. The van der Waals surface area contributed by atoms with Crippen molar-refractivity contribution in [1.29, 1.82) is 0 Å². The molecule has 7 nitrogen and oxygen atoms in total. The van der Waals surface area contributed by atoms with Crippen LogP contribution in [0.3, 0.4) is 0 Å². The van der Waals surface area contributed by atoms with Crippen molar-refractivity contribution in [3.63, 3.8) is 0 Å². The fourth-order valence-corrected chi connectivity index (χ4v) is 3.81. The number of nitrogens with zero attached hydrogens (tertiary/aromatic N) is 3. The molecule has 1 amide bonds. The van der Waals surface area contributed by atoms with Gasteiger partial charge in [0.25, 0.3) is 0 Å². The predicted molar refractivity (Wildman–Crippen MR) is 123 cm³/mol. The van der Waals surface area contributed by atoms with E-state index in [2.05, 4.69) is 32.1 Å². The first-order valence-electron chi connectivity index (χ1n) is 10.5. The maximum absolute atomic E-state index is 12.5. The van der Waals surface area contributed by atoms with E-state index in [4.69, 9.17) is 17.3 Å². The lowest BCUT2D eigenvalue weighted by atomic mass is 10.1.